The van der Waals surface area contributed by atoms with E-state index in [1.54, 1.807) is 23.6 Å². The summed E-state index contributed by atoms with van der Waals surface area (Å²) in [6.07, 6.45) is 3.23. The molecule has 8 nitrogen and oxygen atoms in total. The van der Waals surface area contributed by atoms with Crippen LogP contribution in [-0.4, -0.2) is 59.8 Å². The number of rotatable bonds is 10. The maximum absolute atomic E-state index is 15.1. The molecule has 4 rings (SSSR count). The van der Waals surface area contributed by atoms with Crippen LogP contribution in [-0.2, 0) is 20.7 Å². The minimum Gasteiger partial charge on any atom is -0.481 e. The van der Waals surface area contributed by atoms with Gasteiger partial charge < -0.3 is 20.1 Å². The molecule has 0 aliphatic carbocycles. The molecule has 1 aliphatic rings. The number of carboxylic acid groups (broad SMARTS) is 1. The van der Waals surface area contributed by atoms with Gasteiger partial charge in [-0.05, 0) is 30.2 Å². The predicted molar refractivity (Wildman–Crippen MR) is 158 cm³/mol. The van der Waals surface area contributed by atoms with Gasteiger partial charge in [-0.3, -0.25) is 19.4 Å². The lowest BCUT2D eigenvalue weighted by Crippen LogP contribution is -2.38. The van der Waals surface area contributed by atoms with Crippen LogP contribution < -0.4 is 5.32 Å². The predicted octanol–water partition coefficient (Wildman–Crippen LogP) is 5.81. The number of anilines is 1. The van der Waals surface area contributed by atoms with Crippen LogP contribution in [0.25, 0.3) is 10.1 Å². The van der Waals surface area contributed by atoms with Crippen LogP contribution in [0.3, 0.4) is 0 Å². The Bertz CT molecular complexity index is 1490. The summed E-state index contributed by atoms with van der Waals surface area (Å²) in [7, 11) is 1.55. The van der Waals surface area contributed by atoms with Crippen molar-refractivity contribution in [1.82, 2.24) is 4.90 Å². The molecular weight excluding hydrogens is 577 g/mol. The summed E-state index contributed by atoms with van der Waals surface area (Å²) in [5.41, 5.74) is 0.669. The fraction of sp³-hybridized carbons (Fsp3) is 0.286. The Labute approximate surface area is 244 Å². The minimum atomic E-state index is -0.932. The summed E-state index contributed by atoms with van der Waals surface area (Å²) in [5.74, 6) is -2.35. The lowest BCUT2D eigenvalue weighted by molar-refractivity contribution is -0.137. The molecule has 2 amide bonds. The van der Waals surface area contributed by atoms with Crippen molar-refractivity contribution >= 4 is 75.3 Å². The SMILES string of the molecule is CO[C@H]1C[C@@H](C=N/C=C(\S)CCC(=O)O)N(C(=O)Cc2cc(Cl)c(NC(=O)c3csc4ccccc34)cc2F)C1. The molecule has 1 aliphatic heterocycles. The number of amides is 2. The summed E-state index contributed by atoms with van der Waals surface area (Å²) >= 11 is 12.1. The van der Waals surface area contributed by atoms with Crippen LogP contribution >= 0.6 is 35.6 Å². The second-order valence-electron chi connectivity index (χ2n) is 9.22. The van der Waals surface area contributed by atoms with E-state index in [4.69, 9.17) is 21.4 Å². The average molecular weight is 604 g/mol. The number of carboxylic acids is 1. The third-order valence-electron chi connectivity index (χ3n) is 6.49. The van der Waals surface area contributed by atoms with Crippen molar-refractivity contribution in [2.45, 2.75) is 37.8 Å². The maximum atomic E-state index is 15.1. The Morgan fingerprint density at radius 3 is 2.83 bits per heavy atom. The zero-order chi connectivity index (χ0) is 28.8. The lowest BCUT2D eigenvalue weighted by atomic mass is 10.1. The van der Waals surface area contributed by atoms with Crippen molar-refractivity contribution < 1.29 is 28.6 Å². The normalized spacial score (nSPS) is 17.6. The fourth-order valence-electron chi connectivity index (χ4n) is 4.38. The Morgan fingerprint density at radius 2 is 2.08 bits per heavy atom. The monoisotopic (exact) mass is 603 g/mol. The van der Waals surface area contributed by atoms with Gasteiger partial charge in [-0.1, -0.05) is 29.8 Å². The van der Waals surface area contributed by atoms with Gasteiger partial charge in [-0.15, -0.1) is 24.0 Å². The van der Waals surface area contributed by atoms with Gasteiger partial charge in [0.25, 0.3) is 5.91 Å². The van der Waals surface area contributed by atoms with Crippen molar-refractivity contribution in [3.63, 3.8) is 0 Å². The first-order valence-electron chi connectivity index (χ1n) is 12.4. The van der Waals surface area contributed by atoms with Crippen molar-refractivity contribution in [3.8, 4) is 0 Å². The molecule has 1 aromatic heterocycles. The first-order chi connectivity index (χ1) is 19.2. The Morgan fingerprint density at radius 1 is 1.30 bits per heavy atom. The van der Waals surface area contributed by atoms with E-state index in [0.717, 1.165) is 16.2 Å². The third kappa shape index (κ3) is 7.28. The van der Waals surface area contributed by atoms with E-state index in [1.807, 2.05) is 24.3 Å². The van der Waals surface area contributed by atoms with E-state index >= 15 is 4.39 Å². The number of thiol groups is 1. The highest BCUT2D eigenvalue weighted by atomic mass is 35.5. The number of allylic oxidation sites excluding steroid dienone is 1. The molecule has 2 N–H and O–H groups in total. The Balaban J connectivity index is 1.44. The number of thiophene rings is 1. The number of benzene rings is 2. The lowest BCUT2D eigenvalue weighted by Gasteiger charge is -2.22. The van der Waals surface area contributed by atoms with Crippen molar-refractivity contribution in [2.24, 2.45) is 4.99 Å². The molecule has 1 fully saturated rings. The van der Waals surface area contributed by atoms with Gasteiger partial charge in [0.2, 0.25) is 5.91 Å². The highest BCUT2D eigenvalue weighted by Gasteiger charge is 2.34. The number of likely N-dealkylation sites (tertiary alicyclic amines) is 1. The molecule has 3 aromatic rings. The number of fused-ring (bicyclic) bond motifs is 1. The number of nitrogens with one attached hydrogen (secondary N) is 1. The van der Waals surface area contributed by atoms with E-state index in [9.17, 15) is 14.4 Å². The highest BCUT2D eigenvalue weighted by Crippen LogP contribution is 2.30. The van der Waals surface area contributed by atoms with E-state index < -0.39 is 23.7 Å². The van der Waals surface area contributed by atoms with Crippen LogP contribution in [0.5, 0.6) is 0 Å². The molecule has 210 valence electrons. The standard InChI is InChI=1S/C28H27ClFN3O5S2/c1-38-18-10-17(12-31-13-19(39)6-7-27(35)36)33(14-18)26(34)9-16-8-22(29)24(11-23(16)30)32-28(37)21-15-40-25-5-3-2-4-20(21)25/h2-5,8,11-13,15,17-18,39H,6-7,9-10,14H2,1H3,(H,32,37)(H,35,36)/b19-13-,31-12?/t17-,18-/m0/s1. The molecular formula is C28H27ClFN3O5S2. The number of carbonyl (C=O) groups is 3. The molecule has 0 radical (unpaired) electrons. The number of aliphatic imine (C=N–C) groups is 1. The summed E-state index contributed by atoms with van der Waals surface area (Å²) in [6, 6.07) is 9.56. The van der Waals surface area contributed by atoms with E-state index in [1.165, 1.54) is 23.6 Å². The molecule has 0 unspecified atom stereocenters. The number of nitrogens with zero attached hydrogens (tertiary/aromatic N) is 2. The van der Waals surface area contributed by atoms with Crippen LogP contribution in [0.15, 0.2) is 57.9 Å². The molecule has 0 spiro atoms. The smallest absolute Gasteiger partial charge is 0.303 e. The largest absolute Gasteiger partial charge is 0.481 e. The number of methoxy groups -OCH3 is 1. The summed E-state index contributed by atoms with van der Waals surface area (Å²) in [6.45, 7) is 0.306. The average Bonchev–Trinajstić information content (AvgIpc) is 3.54. The zero-order valence-corrected chi connectivity index (χ0v) is 23.9. The van der Waals surface area contributed by atoms with Gasteiger partial charge in [-0.25, -0.2) is 4.39 Å². The van der Waals surface area contributed by atoms with Gasteiger partial charge in [0.1, 0.15) is 5.82 Å². The summed E-state index contributed by atoms with van der Waals surface area (Å²) < 4.78 is 21.5. The second kappa shape index (κ2) is 13.4. The number of hydrogen-bond acceptors (Lipinski definition) is 7. The first-order valence-corrected chi connectivity index (χ1v) is 14.1. The van der Waals surface area contributed by atoms with Crippen molar-refractivity contribution in [2.75, 3.05) is 19.0 Å². The molecule has 0 saturated carbocycles. The van der Waals surface area contributed by atoms with Crippen LogP contribution in [0.4, 0.5) is 10.1 Å². The second-order valence-corrected chi connectivity index (χ2v) is 11.1. The first kappa shape index (κ1) is 29.7. The molecule has 0 bridgehead atoms. The maximum Gasteiger partial charge on any atom is 0.303 e. The fourth-order valence-corrected chi connectivity index (χ4v) is 5.73. The van der Waals surface area contributed by atoms with Gasteiger partial charge in [0.05, 0.1) is 34.8 Å². The minimum absolute atomic E-state index is 0.0634. The molecule has 12 heteroatoms. The Kier molecular flexibility index (Phi) is 9.96. The van der Waals surface area contributed by atoms with Gasteiger partial charge in [0, 0.05) is 59.3 Å². The third-order valence-corrected chi connectivity index (χ3v) is 8.10. The Hall–Kier alpha value is -3.25. The quantitative estimate of drug-likeness (QED) is 0.200. The number of carbonyl (C=O) groups excluding carboxylic acids is 2. The van der Waals surface area contributed by atoms with Crippen LogP contribution in [0.2, 0.25) is 5.02 Å². The molecule has 2 aromatic carbocycles. The van der Waals surface area contributed by atoms with Gasteiger partial charge in [0.15, 0.2) is 0 Å². The van der Waals surface area contributed by atoms with Crippen LogP contribution in [0, 0.1) is 5.82 Å². The van der Waals surface area contributed by atoms with E-state index in [0.29, 0.717) is 23.4 Å². The molecule has 40 heavy (non-hydrogen) atoms. The summed E-state index contributed by atoms with van der Waals surface area (Å²) in [4.78, 5) is 43.1. The molecule has 2 atom stereocenters. The van der Waals surface area contributed by atoms with E-state index in [2.05, 4.69) is 22.9 Å². The number of aliphatic carboxylic acids is 1. The van der Waals surface area contributed by atoms with Crippen LogP contribution in [0.1, 0.15) is 35.2 Å². The van der Waals surface area contributed by atoms with Crippen molar-refractivity contribution in [1.29, 1.82) is 0 Å². The number of hydrogen-bond donors (Lipinski definition) is 3. The van der Waals surface area contributed by atoms with Crippen molar-refractivity contribution in [3.05, 3.63) is 74.9 Å². The van der Waals surface area contributed by atoms with E-state index in [-0.39, 0.29) is 47.5 Å². The molecule has 2 heterocycles. The number of halogens is 2. The number of ether oxygens (including phenoxy) is 1. The zero-order valence-electron chi connectivity index (χ0n) is 21.5. The topological polar surface area (TPSA) is 108 Å². The highest BCUT2D eigenvalue weighted by molar-refractivity contribution is 7.84. The molecule has 1 saturated heterocycles. The van der Waals surface area contributed by atoms with Gasteiger partial charge >= 0.3 is 5.97 Å². The van der Waals surface area contributed by atoms with Gasteiger partial charge in [-0.2, -0.15) is 0 Å². The summed E-state index contributed by atoms with van der Waals surface area (Å²) in [5, 5.41) is 14.1.